The maximum absolute atomic E-state index is 12.3. The fourth-order valence-corrected chi connectivity index (χ4v) is 3.13. The molecule has 1 amide bonds. The van der Waals surface area contributed by atoms with Crippen LogP contribution in [-0.2, 0) is 22.5 Å². The summed E-state index contributed by atoms with van der Waals surface area (Å²) in [4.78, 5) is 29.0. The van der Waals surface area contributed by atoms with Crippen LogP contribution in [0.1, 0.15) is 30.0 Å². The summed E-state index contributed by atoms with van der Waals surface area (Å²) in [6.45, 7) is 4.09. The predicted octanol–water partition coefficient (Wildman–Crippen LogP) is 3.61. The minimum Gasteiger partial charge on any atom is -0.462 e. The Morgan fingerprint density at radius 1 is 1.18 bits per heavy atom. The highest BCUT2D eigenvalue weighted by Gasteiger charge is 2.15. The molecule has 0 spiro atoms. The number of nitrogens with one attached hydrogen (secondary N) is 1. The monoisotopic (exact) mass is 399 g/mol. The molecular weight excluding hydrogens is 378 g/mol. The second kappa shape index (κ2) is 8.89. The van der Waals surface area contributed by atoms with Crippen molar-refractivity contribution in [2.75, 3.05) is 6.54 Å². The molecule has 3 rings (SSSR count). The van der Waals surface area contributed by atoms with Gasteiger partial charge in [-0.15, -0.1) is 0 Å². The zero-order valence-corrected chi connectivity index (χ0v) is 16.6. The number of para-hydroxylation sites is 2. The Morgan fingerprint density at radius 2 is 1.96 bits per heavy atom. The zero-order valence-electron chi connectivity index (χ0n) is 15.8. The van der Waals surface area contributed by atoms with Gasteiger partial charge in [0.2, 0.25) is 0 Å². The average molecular weight is 400 g/mol. The topological polar surface area (TPSA) is 73.2 Å². The molecule has 0 radical (unpaired) electrons. The number of rotatable bonds is 7. The van der Waals surface area contributed by atoms with Crippen LogP contribution < -0.4 is 5.32 Å². The highest BCUT2D eigenvalue weighted by atomic mass is 35.5. The smallest absolute Gasteiger partial charge is 0.326 e. The van der Waals surface area contributed by atoms with E-state index in [1.54, 1.807) is 24.3 Å². The van der Waals surface area contributed by atoms with Crippen LogP contribution in [0, 0.1) is 0 Å². The lowest BCUT2D eigenvalue weighted by Crippen LogP contribution is -2.27. The van der Waals surface area contributed by atoms with Gasteiger partial charge in [-0.1, -0.05) is 29.8 Å². The Labute approximate surface area is 168 Å². The molecule has 0 saturated carbocycles. The summed E-state index contributed by atoms with van der Waals surface area (Å²) in [6.07, 6.45) is 0.304. The van der Waals surface area contributed by atoms with Gasteiger partial charge in [-0.2, -0.15) is 0 Å². The molecule has 0 bridgehead atoms. The number of aromatic nitrogens is 2. The van der Waals surface area contributed by atoms with Crippen LogP contribution in [-0.4, -0.2) is 34.1 Å². The van der Waals surface area contributed by atoms with Gasteiger partial charge in [0.05, 0.1) is 17.1 Å². The largest absolute Gasteiger partial charge is 0.462 e. The van der Waals surface area contributed by atoms with E-state index in [1.807, 2.05) is 42.7 Å². The SMILES string of the molecule is CC(C)OC(=O)Cn1c(CCNC(=O)c2cccc(Cl)c2)nc2ccccc21. The number of halogens is 1. The molecule has 0 saturated heterocycles. The number of benzene rings is 2. The Bertz CT molecular complexity index is 997. The number of carbonyl (C=O) groups is 2. The van der Waals surface area contributed by atoms with Crippen molar-refractivity contribution in [3.05, 3.63) is 64.9 Å². The summed E-state index contributed by atoms with van der Waals surface area (Å²) in [7, 11) is 0. The summed E-state index contributed by atoms with van der Waals surface area (Å²) in [5.74, 6) is 0.194. The van der Waals surface area contributed by atoms with Crippen molar-refractivity contribution in [2.45, 2.75) is 32.9 Å². The van der Waals surface area contributed by atoms with Crippen LogP contribution in [0.25, 0.3) is 11.0 Å². The molecule has 0 aliphatic rings. The number of fused-ring (bicyclic) bond motifs is 1. The van der Waals surface area contributed by atoms with Gasteiger partial charge >= 0.3 is 5.97 Å². The van der Waals surface area contributed by atoms with Gasteiger partial charge in [0.1, 0.15) is 12.4 Å². The molecule has 2 aromatic carbocycles. The van der Waals surface area contributed by atoms with E-state index >= 15 is 0 Å². The number of hydrogen-bond acceptors (Lipinski definition) is 4. The zero-order chi connectivity index (χ0) is 20.1. The second-order valence-electron chi connectivity index (χ2n) is 6.66. The first kappa shape index (κ1) is 19.9. The summed E-state index contributed by atoms with van der Waals surface area (Å²) in [5, 5.41) is 3.38. The first-order chi connectivity index (χ1) is 13.4. The first-order valence-electron chi connectivity index (χ1n) is 9.11. The van der Waals surface area contributed by atoms with Gasteiger partial charge < -0.3 is 14.6 Å². The Morgan fingerprint density at radius 3 is 2.71 bits per heavy atom. The third-order valence-electron chi connectivity index (χ3n) is 4.11. The number of nitrogens with zero attached hydrogens (tertiary/aromatic N) is 2. The summed E-state index contributed by atoms with van der Waals surface area (Å²) in [6, 6.07) is 14.4. The molecule has 28 heavy (non-hydrogen) atoms. The number of esters is 1. The highest BCUT2D eigenvalue weighted by molar-refractivity contribution is 6.30. The van der Waals surface area contributed by atoms with Crippen molar-refractivity contribution < 1.29 is 14.3 Å². The van der Waals surface area contributed by atoms with Gasteiger partial charge in [-0.05, 0) is 44.2 Å². The number of imidazole rings is 1. The molecule has 146 valence electrons. The normalized spacial score (nSPS) is 11.0. The second-order valence-corrected chi connectivity index (χ2v) is 7.09. The Hall–Kier alpha value is -2.86. The van der Waals surface area contributed by atoms with Gasteiger partial charge in [0, 0.05) is 23.6 Å². The lowest BCUT2D eigenvalue weighted by molar-refractivity contribution is -0.148. The van der Waals surface area contributed by atoms with E-state index < -0.39 is 0 Å². The molecule has 0 unspecified atom stereocenters. The molecule has 0 fully saturated rings. The lowest BCUT2D eigenvalue weighted by atomic mass is 10.2. The van der Waals surface area contributed by atoms with E-state index in [1.165, 1.54) is 0 Å². The Balaban J connectivity index is 1.72. The fourth-order valence-electron chi connectivity index (χ4n) is 2.94. The predicted molar refractivity (Wildman–Crippen MR) is 108 cm³/mol. The van der Waals surface area contributed by atoms with Crippen molar-refractivity contribution in [3.8, 4) is 0 Å². The van der Waals surface area contributed by atoms with E-state index in [-0.39, 0.29) is 24.5 Å². The summed E-state index contributed by atoms with van der Waals surface area (Å²) < 4.78 is 7.11. The summed E-state index contributed by atoms with van der Waals surface area (Å²) >= 11 is 5.93. The standard InChI is InChI=1S/C21H22ClN3O3/c1-14(2)28-20(26)13-25-18-9-4-3-8-17(18)24-19(25)10-11-23-21(27)15-6-5-7-16(22)12-15/h3-9,12,14H,10-11,13H2,1-2H3,(H,23,27). The van der Waals surface area contributed by atoms with Crippen molar-refractivity contribution in [2.24, 2.45) is 0 Å². The Kier molecular flexibility index (Phi) is 6.31. The van der Waals surface area contributed by atoms with Crippen LogP contribution in [0.3, 0.4) is 0 Å². The third kappa shape index (κ3) is 4.89. The van der Waals surface area contributed by atoms with E-state index in [9.17, 15) is 9.59 Å². The van der Waals surface area contributed by atoms with Crippen molar-refractivity contribution >= 4 is 34.5 Å². The third-order valence-corrected chi connectivity index (χ3v) is 4.34. The van der Waals surface area contributed by atoms with Crippen LogP contribution in [0.4, 0.5) is 0 Å². The number of ether oxygens (including phenoxy) is 1. The van der Waals surface area contributed by atoms with Crippen LogP contribution >= 0.6 is 11.6 Å². The first-order valence-corrected chi connectivity index (χ1v) is 9.49. The average Bonchev–Trinajstić information content (AvgIpc) is 2.98. The van der Waals surface area contributed by atoms with Crippen LogP contribution in [0.5, 0.6) is 0 Å². The molecular formula is C21H22ClN3O3. The molecule has 1 heterocycles. The molecule has 7 heteroatoms. The quantitative estimate of drug-likeness (QED) is 0.616. The van der Waals surface area contributed by atoms with Gasteiger partial charge in [0.25, 0.3) is 5.91 Å². The van der Waals surface area contributed by atoms with E-state index in [2.05, 4.69) is 10.3 Å². The molecule has 0 aliphatic heterocycles. The lowest BCUT2D eigenvalue weighted by Gasteiger charge is -2.12. The van der Waals surface area contributed by atoms with E-state index in [0.29, 0.717) is 29.4 Å². The minimum absolute atomic E-state index is 0.0796. The summed E-state index contributed by atoms with van der Waals surface area (Å²) in [5.41, 5.74) is 2.16. The maximum atomic E-state index is 12.3. The molecule has 1 N–H and O–H groups in total. The van der Waals surface area contributed by atoms with Crippen molar-refractivity contribution in [1.29, 1.82) is 0 Å². The molecule has 3 aromatic rings. The molecule has 1 aromatic heterocycles. The fraction of sp³-hybridized carbons (Fsp3) is 0.286. The molecule has 6 nitrogen and oxygen atoms in total. The maximum Gasteiger partial charge on any atom is 0.326 e. The van der Waals surface area contributed by atoms with Gasteiger partial charge in [-0.3, -0.25) is 9.59 Å². The molecule has 0 aliphatic carbocycles. The number of hydrogen-bond donors (Lipinski definition) is 1. The van der Waals surface area contributed by atoms with Gasteiger partial charge in [-0.25, -0.2) is 4.98 Å². The minimum atomic E-state index is -0.317. The van der Waals surface area contributed by atoms with Gasteiger partial charge in [0.15, 0.2) is 0 Å². The van der Waals surface area contributed by atoms with Crippen LogP contribution in [0.15, 0.2) is 48.5 Å². The number of carbonyl (C=O) groups excluding carboxylic acids is 2. The van der Waals surface area contributed by atoms with E-state index in [4.69, 9.17) is 16.3 Å². The number of amides is 1. The highest BCUT2D eigenvalue weighted by Crippen LogP contribution is 2.17. The van der Waals surface area contributed by atoms with E-state index in [0.717, 1.165) is 11.0 Å². The van der Waals surface area contributed by atoms with Crippen molar-refractivity contribution in [1.82, 2.24) is 14.9 Å². The molecule has 0 atom stereocenters. The van der Waals surface area contributed by atoms with Crippen molar-refractivity contribution in [3.63, 3.8) is 0 Å². The van der Waals surface area contributed by atoms with Crippen LogP contribution in [0.2, 0.25) is 5.02 Å².